The van der Waals surface area contributed by atoms with Crippen LogP contribution in [0.3, 0.4) is 0 Å². The molecule has 3 heterocycles. The van der Waals surface area contributed by atoms with Gasteiger partial charge in [-0.25, -0.2) is 17.6 Å². The third-order valence-corrected chi connectivity index (χ3v) is 8.89. The maximum absolute atomic E-state index is 15.9. The van der Waals surface area contributed by atoms with Gasteiger partial charge in [0.15, 0.2) is 0 Å². The molecule has 3 aliphatic heterocycles. The average Bonchev–Trinajstić information content (AvgIpc) is 3.58. The van der Waals surface area contributed by atoms with Crippen LogP contribution in [0.2, 0.25) is 0 Å². The highest BCUT2D eigenvalue weighted by atomic mass is 19.3. The van der Waals surface area contributed by atoms with Gasteiger partial charge in [-0.1, -0.05) is 36.4 Å². The lowest BCUT2D eigenvalue weighted by atomic mass is 9.84. The number of nitrogens with one attached hydrogen (secondary N) is 1. The molecule has 6 rings (SSSR count). The topological polar surface area (TPSA) is 27.7 Å². The summed E-state index contributed by atoms with van der Waals surface area (Å²) in [7, 11) is 0. The Labute approximate surface area is 232 Å². The van der Waals surface area contributed by atoms with Crippen molar-refractivity contribution in [1.29, 1.82) is 0 Å². The molecule has 212 valence electrons. The van der Waals surface area contributed by atoms with Crippen molar-refractivity contribution in [2.24, 2.45) is 5.41 Å². The van der Waals surface area contributed by atoms with E-state index in [1.165, 1.54) is 17.0 Å². The summed E-state index contributed by atoms with van der Waals surface area (Å²) in [4.78, 5) is 3.58. The highest BCUT2D eigenvalue weighted by Gasteiger charge is 2.42. The molecular weight excluding hydrogens is 518 g/mol. The van der Waals surface area contributed by atoms with Crippen molar-refractivity contribution in [1.82, 2.24) is 10.2 Å². The first-order chi connectivity index (χ1) is 19.3. The molecule has 0 radical (unpaired) electrons. The molecule has 0 aromatic heterocycles. The second kappa shape index (κ2) is 11.1. The summed E-state index contributed by atoms with van der Waals surface area (Å²) >= 11 is 0. The molecule has 0 bridgehead atoms. The van der Waals surface area contributed by atoms with Gasteiger partial charge in [-0.3, -0.25) is 4.90 Å². The van der Waals surface area contributed by atoms with Gasteiger partial charge in [0.1, 0.15) is 24.0 Å². The van der Waals surface area contributed by atoms with Crippen LogP contribution in [-0.4, -0.2) is 50.1 Å². The van der Waals surface area contributed by atoms with Gasteiger partial charge in [-0.2, -0.15) is 0 Å². The molecule has 3 aromatic carbocycles. The van der Waals surface area contributed by atoms with Gasteiger partial charge in [0.05, 0.1) is 12.6 Å². The van der Waals surface area contributed by atoms with Crippen LogP contribution in [0.25, 0.3) is 0 Å². The van der Waals surface area contributed by atoms with E-state index in [1.807, 2.05) is 48.2 Å². The molecule has 2 saturated heterocycles. The quantitative estimate of drug-likeness (QED) is 0.346. The SMILES string of the molecule is C[C@@H]1Cc2cc(OCc3ccccc3)ccc2C(c2c(F)cc(N3CCC4(CCNC4)C3)cc2F)N1CC(F)F. The molecule has 8 heteroatoms. The largest absolute Gasteiger partial charge is 0.489 e. The second-order valence-corrected chi connectivity index (χ2v) is 11.6. The van der Waals surface area contributed by atoms with Crippen molar-refractivity contribution >= 4 is 5.69 Å². The number of alkyl halides is 2. The minimum Gasteiger partial charge on any atom is -0.489 e. The molecule has 40 heavy (non-hydrogen) atoms. The molecule has 1 N–H and O–H groups in total. The van der Waals surface area contributed by atoms with E-state index in [1.54, 1.807) is 12.1 Å². The monoisotopic (exact) mass is 553 g/mol. The van der Waals surface area contributed by atoms with Crippen molar-refractivity contribution in [2.45, 2.75) is 51.3 Å². The highest BCUT2D eigenvalue weighted by Crippen LogP contribution is 2.44. The Kier molecular flexibility index (Phi) is 7.48. The molecule has 1 spiro atoms. The van der Waals surface area contributed by atoms with Gasteiger partial charge >= 0.3 is 0 Å². The van der Waals surface area contributed by atoms with Crippen LogP contribution < -0.4 is 15.0 Å². The second-order valence-electron chi connectivity index (χ2n) is 11.6. The molecule has 4 nitrogen and oxygen atoms in total. The maximum atomic E-state index is 15.9. The number of fused-ring (bicyclic) bond motifs is 1. The molecule has 0 amide bonds. The number of nitrogens with zero attached hydrogens (tertiary/aromatic N) is 2. The van der Waals surface area contributed by atoms with E-state index in [9.17, 15) is 8.78 Å². The van der Waals surface area contributed by atoms with E-state index < -0.39 is 30.6 Å². The first-order valence-corrected chi connectivity index (χ1v) is 14.1. The fraction of sp³-hybridized carbons (Fsp3) is 0.438. The van der Waals surface area contributed by atoms with Gasteiger partial charge in [-0.05, 0) is 73.7 Å². The number of hydrogen-bond acceptors (Lipinski definition) is 4. The lowest BCUT2D eigenvalue weighted by molar-refractivity contribution is 0.0444. The number of benzene rings is 3. The van der Waals surface area contributed by atoms with Crippen LogP contribution in [0.1, 0.15) is 48.1 Å². The third-order valence-electron chi connectivity index (χ3n) is 8.89. The average molecular weight is 554 g/mol. The van der Waals surface area contributed by atoms with Crippen LogP contribution in [-0.2, 0) is 13.0 Å². The lowest BCUT2D eigenvalue weighted by Crippen LogP contribution is -2.45. The fourth-order valence-electron chi connectivity index (χ4n) is 6.81. The van der Waals surface area contributed by atoms with Crippen molar-refractivity contribution in [3.8, 4) is 5.75 Å². The smallest absolute Gasteiger partial charge is 0.251 e. The fourth-order valence-corrected chi connectivity index (χ4v) is 6.81. The summed E-state index contributed by atoms with van der Waals surface area (Å²) in [5.41, 5.74) is 2.99. The third kappa shape index (κ3) is 5.31. The van der Waals surface area contributed by atoms with Crippen molar-refractivity contribution in [3.05, 3.63) is 94.6 Å². The van der Waals surface area contributed by atoms with Gasteiger partial charge in [0.25, 0.3) is 6.43 Å². The van der Waals surface area contributed by atoms with E-state index in [4.69, 9.17) is 4.74 Å². The summed E-state index contributed by atoms with van der Waals surface area (Å²) in [6.07, 6.45) is -0.115. The Morgan fingerprint density at radius 2 is 1.80 bits per heavy atom. The van der Waals surface area contributed by atoms with Crippen molar-refractivity contribution < 1.29 is 22.3 Å². The minimum absolute atomic E-state index is 0.151. The van der Waals surface area contributed by atoms with Crippen molar-refractivity contribution in [3.63, 3.8) is 0 Å². The Morgan fingerprint density at radius 3 is 2.50 bits per heavy atom. The summed E-state index contributed by atoms with van der Waals surface area (Å²) in [5.74, 6) is -0.764. The minimum atomic E-state index is -2.63. The molecule has 3 aliphatic rings. The molecule has 0 saturated carbocycles. The predicted octanol–water partition coefficient (Wildman–Crippen LogP) is 6.33. The molecule has 2 unspecified atom stereocenters. The molecule has 3 aromatic rings. The van der Waals surface area contributed by atoms with Crippen LogP contribution >= 0.6 is 0 Å². The molecule has 3 atom stereocenters. The van der Waals surface area contributed by atoms with E-state index in [-0.39, 0.29) is 17.0 Å². The number of hydrogen-bond donors (Lipinski definition) is 1. The van der Waals surface area contributed by atoms with Crippen LogP contribution in [0.15, 0.2) is 60.7 Å². The van der Waals surface area contributed by atoms with Crippen LogP contribution in [0.4, 0.5) is 23.2 Å². The summed E-state index contributed by atoms with van der Waals surface area (Å²) < 4.78 is 65.3. The van der Waals surface area contributed by atoms with Gasteiger partial charge < -0.3 is 15.0 Å². The molecule has 2 fully saturated rings. The summed E-state index contributed by atoms with van der Waals surface area (Å²) in [6, 6.07) is 16.6. The van der Waals surface area contributed by atoms with Crippen LogP contribution in [0.5, 0.6) is 5.75 Å². The normalized spacial score (nSPS) is 24.7. The Bertz CT molecular complexity index is 1320. The number of ether oxygens (including phenoxy) is 1. The standard InChI is InChI=1S/C32H35F4N3O/c1-21-13-23-14-25(40-18-22-5-3-2-4-6-22)7-8-26(23)31(39(21)17-29(35)36)30-27(33)15-24(16-28(30)34)38-12-10-32(20-38)9-11-37-19-32/h2-8,14-16,21,29,31,37H,9-13,17-20H2,1H3/t21-,31?,32?/m1/s1. The molecular formula is C32H35F4N3O. The number of halogens is 4. The van der Waals surface area contributed by atoms with Gasteiger partial charge in [0, 0.05) is 42.3 Å². The molecule has 0 aliphatic carbocycles. The maximum Gasteiger partial charge on any atom is 0.251 e. The Morgan fingerprint density at radius 1 is 1.02 bits per heavy atom. The van der Waals surface area contributed by atoms with E-state index in [0.717, 1.165) is 50.1 Å². The summed E-state index contributed by atoms with van der Waals surface area (Å²) in [5, 5.41) is 3.41. The zero-order valence-electron chi connectivity index (χ0n) is 22.7. The number of rotatable bonds is 7. The lowest BCUT2D eigenvalue weighted by Gasteiger charge is -2.42. The Hall–Kier alpha value is -3.10. The zero-order chi connectivity index (χ0) is 27.9. The first-order valence-electron chi connectivity index (χ1n) is 14.1. The van der Waals surface area contributed by atoms with Gasteiger partial charge in [-0.15, -0.1) is 0 Å². The van der Waals surface area contributed by atoms with E-state index in [2.05, 4.69) is 5.32 Å². The zero-order valence-corrected chi connectivity index (χ0v) is 22.7. The van der Waals surface area contributed by atoms with Gasteiger partial charge in [0.2, 0.25) is 0 Å². The highest BCUT2D eigenvalue weighted by molar-refractivity contribution is 5.53. The first kappa shape index (κ1) is 27.1. The number of anilines is 1. The van der Waals surface area contributed by atoms with E-state index in [0.29, 0.717) is 30.0 Å². The Balaban J connectivity index is 1.32. The van der Waals surface area contributed by atoms with Crippen LogP contribution in [0, 0.1) is 17.0 Å². The predicted molar refractivity (Wildman–Crippen MR) is 148 cm³/mol. The summed E-state index contributed by atoms with van der Waals surface area (Å²) in [6.45, 7) is 5.03. The van der Waals surface area contributed by atoms with Crippen molar-refractivity contribution in [2.75, 3.05) is 37.6 Å². The van der Waals surface area contributed by atoms with E-state index >= 15 is 8.78 Å².